The van der Waals surface area contributed by atoms with Crippen LogP contribution in [0.25, 0.3) is 0 Å². The number of aliphatic carboxylic acids is 1. The zero-order valence-electron chi connectivity index (χ0n) is 12.6. The van der Waals surface area contributed by atoms with E-state index in [1.807, 2.05) is 0 Å². The minimum absolute atomic E-state index is 0.0183. The highest BCUT2D eigenvalue weighted by Gasteiger charge is 2.44. The first-order valence-electron chi connectivity index (χ1n) is 7.23. The van der Waals surface area contributed by atoms with E-state index in [9.17, 15) is 23.2 Å². The second-order valence-electron chi connectivity index (χ2n) is 5.65. The third kappa shape index (κ3) is 2.56. The van der Waals surface area contributed by atoms with Crippen molar-refractivity contribution in [2.24, 2.45) is 0 Å². The van der Waals surface area contributed by atoms with Crippen molar-refractivity contribution in [1.29, 1.82) is 0 Å². The summed E-state index contributed by atoms with van der Waals surface area (Å²) >= 11 is 0.770. The molecule has 1 aromatic rings. The van der Waals surface area contributed by atoms with E-state index in [1.54, 1.807) is 0 Å². The Bertz CT molecular complexity index is 824. The standard InChI is InChI=1S/C16H13F2NO4S/c1-7-9(5-13(21)22)14-10(2-3-11(20)15(14)18)19(7)16(23)8-4-12(17)24-6-8/h4,6,10H,2-3,5H2,1H3,(H,21,22). The third-order valence-corrected chi connectivity index (χ3v) is 4.97. The van der Waals surface area contributed by atoms with Gasteiger partial charge < -0.3 is 10.0 Å². The van der Waals surface area contributed by atoms with Crippen LogP contribution in [0.1, 0.15) is 36.5 Å². The predicted molar refractivity (Wildman–Crippen MR) is 81.6 cm³/mol. The molecule has 2 heterocycles. The number of hydrogen-bond acceptors (Lipinski definition) is 4. The van der Waals surface area contributed by atoms with Crippen molar-refractivity contribution in [2.75, 3.05) is 0 Å². The van der Waals surface area contributed by atoms with Gasteiger partial charge in [0.2, 0.25) is 0 Å². The first-order valence-corrected chi connectivity index (χ1v) is 8.11. The molecular weight excluding hydrogens is 340 g/mol. The highest BCUT2D eigenvalue weighted by molar-refractivity contribution is 7.08. The van der Waals surface area contributed by atoms with Crippen LogP contribution in [0.5, 0.6) is 0 Å². The minimum Gasteiger partial charge on any atom is -0.481 e. The van der Waals surface area contributed by atoms with Crippen molar-refractivity contribution in [3.05, 3.63) is 44.8 Å². The molecule has 1 aliphatic heterocycles. The van der Waals surface area contributed by atoms with Gasteiger partial charge in [-0.15, -0.1) is 11.3 Å². The summed E-state index contributed by atoms with van der Waals surface area (Å²) in [4.78, 5) is 36.7. The average Bonchev–Trinajstić information content (AvgIpc) is 3.05. The number of fused-ring (bicyclic) bond motifs is 1. The van der Waals surface area contributed by atoms with Crippen molar-refractivity contribution >= 4 is 29.0 Å². The SMILES string of the molecule is CC1=C(CC(=O)O)C2=C(F)C(=O)CCC2N1C(=O)c1csc(F)c1. The number of hydrogen-bond donors (Lipinski definition) is 1. The molecule has 1 aliphatic carbocycles. The lowest BCUT2D eigenvalue weighted by molar-refractivity contribution is -0.136. The van der Waals surface area contributed by atoms with Gasteiger partial charge in [-0.1, -0.05) is 0 Å². The number of Topliss-reactive ketones (excluding diaryl/α,β-unsaturated/α-hetero) is 1. The van der Waals surface area contributed by atoms with Crippen molar-refractivity contribution in [2.45, 2.75) is 32.2 Å². The van der Waals surface area contributed by atoms with Crippen LogP contribution in [-0.2, 0) is 9.59 Å². The predicted octanol–water partition coefficient (Wildman–Crippen LogP) is 3.05. The number of rotatable bonds is 3. The summed E-state index contributed by atoms with van der Waals surface area (Å²) in [5, 5.41) is 9.90. The summed E-state index contributed by atoms with van der Waals surface area (Å²) in [5.74, 6) is -3.38. The molecular formula is C16H13F2NO4S. The summed E-state index contributed by atoms with van der Waals surface area (Å²) in [5.41, 5.74) is 0.529. The first-order chi connectivity index (χ1) is 11.3. The Morgan fingerprint density at radius 2 is 2.12 bits per heavy atom. The van der Waals surface area contributed by atoms with Crippen molar-refractivity contribution in [3.8, 4) is 0 Å². The second-order valence-corrected chi connectivity index (χ2v) is 6.52. The molecule has 0 bridgehead atoms. The Hall–Kier alpha value is -2.35. The van der Waals surface area contributed by atoms with Crippen molar-refractivity contribution in [3.63, 3.8) is 0 Å². The Labute approximate surface area is 139 Å². The number of carbonyl (C=O) groups excluding carboxylic acids is 2. The Morgan fingerprint density at radius 1 is 1.42 bits per heavy atom. The monoisotopic (exact) mass is 353 g/mol. The zero-order valence-corrected chi connectivity index (χ0v) is 13.5. The Kier molecular flexibility index (Phi) is 4.08. The number of halogens is 2. The number of amides is 1. The molecule has 0 fully saturated rings. The largest absolute Gasteiger partial charge is 0.481 e. The molecule has 0 spiro atoms. The molecule has 0 aromatic carbocycles. The van der Waals surface area contributed by atoms with Gasteiger partial charge in [0.1, 0.15) is 0 Å². The second kappa shape index (κ2) is 5.94. The molecule has 8 heteroatoms. The molecule has 1 atom stereocenters. The van der Waals surface area contributed by atoms with Crippen LogP contribution >= 0.6 is 11.3 Å². The smallest absolute Gasteiger partial charge is 0.307 e. The molecule has 126 valence electrons. The number of carbonyl (C=O) groups is 3. The molecule has 0 radical (unpaired) electrons. The van der Waals surface area contributed by atoms with Gasteiger partial charge in [-0.3, -0.25) is 14.4 Å². The maximum absolute atomic E-state index is 14.4. The molecule has 3 rings (SSSR count). The van der Waals surface area contributed by atoms with Crippen LogP contribution in [0.3, 0.4) is 0 Å². The fourth-order valence-electron chi connectivity index (χ4n) is 3.21. The molecule has 1 aromatic heterocycles. The van der Waals surface area contributed by atoms with Crippen molar-refractivity contribution < 1.29 is 28.3 Å². The summed E-state index contributed by atoms with van der Waals surface area (Å²) < 4.78 is 27.6. The van der Waals surface area contributed by atoms with E-state index in [4.69, 9.17) is 5.11 Å². The molecule has 1 amide bonds. The van der Waals surface area contributed by atoms with Crippen LogP contribution in [0, 0.1) is 5.13 Å². The molecule has 5 nitrogen and oxygen atoms in total. The average molecular weight is 353 g/mol. The molecule has 1 unspecified atom stereocenters. The van der Waals surface area contributed by atoms with Crippen LogP contribution < -0.4 is 0 Å². The van der Waals surface area contributed by atoms with Crippen LogP contribution in [0.2, 0.25) is 0 Å². The van der Waals surface area contributed by atoms with E-state index in [-0.39, 0.29) is 29.6 Å². The number of thiophene rings is 1. The molecule has 0 saturated carbocycles. The highest BCUT2D eigenvalue weighted by atomic mass is 32.1. The van der Waals surface area contributed by atoms with E-state index in [0.717, 1.165) is 17.4 Å². The minimum atomic E-state index is -1.18. The normalized spacial score (nSPS) is 20.7. The van der Waals surface area contributed by atoms with Gasteiger partial charge in [0.15, 0.2) is 16.7 Å². The maximum atomic E-state index is 14.4. The first kappa shape index (κ1) is 16.5. The summed E-state index contributed by atoms with van der Waals surface area (Å²) in [6, 6.07) is 0.357. The topological polar surface area (TPSA) is 74.7 Å². The van der Waals surface area contributed by atoms with Crippen molar-refractivity contribution in [1.82, 2.24) is 4.90 Å². The molecule has 0 saturated heterocycles. The molecule has 24 heavy (non-hydrogen) atoms. The molecule has 1 N–H and O–H groups in total. The Morgan fingerprint density at radius 3 is 2.71 bits per heavy atom. The number of carboxylic acids is 1. The number of carboxylic acid groups (broad SMARTS) is 1. The lowest BCUT2D eigenvalue weighted by Gasteiger charge is -2.29. The fourth-order valence-corrected chi connectivity index (χ4v) is 3.82. The van der Waals surface area contributed by atoms with Crippen LogP contribution in [0.4, 0.5) is 8.78 Å². The van der Waals surface area contributed by atoms with E-state index < -0.39 is 41.1 Å². The van der Waals surface area contributed by atoms with Gasteiger partial charge in [-0.2, -0.15) is 4.39 Å². The van der Waals surface area contributed by atoms with E-state index in [0.29, 0.717) is 5.70 Å². The van der Waals surface area contributed by atoms with E-state index >= 15 is 0 Å². The Balaban J connectivity index is 2.10. The van der Waals surface area contributed by atoms with Gasteiger partial charge >= 0.3 is 5.97 Å². The zero-order chi connectivity index (χ0) is 17.6. The van der Waals surface area contributed by atoms with Gasteiger partial charge in [0, 0.05) is 23.1 Å². The van der Waals surface area contributed by atoms with E-state index in [2.05, 4.69) is 0 Å². The third-order valence-electron chi connectivity index (χ3n) is 4.26. The maximum Gasteiger partial charge on any atom is 0.307 e. The lowest BCUT2D eigenvalue weighted by atomic mass is 9.88. The van der Waals surface area contributed by atoms with Gasteiger partial charge in [-0.05, 0) is 25.0 Å². The van der Waals surface area contributed by atoms with Gasteiger partial charge in [0.05, 0.1) is 18.0 Å². The summed E-state index contributed by atoms with van der Waals surface area (Å²) in [7, 11) is 0. The highest BCUT2D eigenvalue weighted by Crippen LogP contribution is 2.43. The van der Waals surface area contributed by atoms with Gasteiger partial charge in [0.25, 0.3) is 5.91 Å². The van der Waals surface area contributed by atoms with Crippen LogP contribution in [0.15, 0.2) is 34.1 Å². The number of nitrogens with zero attached hydrogens (tertiary/aromatic N) is 1. The number of ketones is 1. The quantitative estimate of drug-likeness (QED) is 0.906. The summed E-state index contributed by atoms with van der Waals surface area (Å²) in [6.07, 6.45) is -0.337. The van der Waals surface area contributed by atoms with Gasteiger partial charge in [-0.25, -0.2) is 4.39 Å². The number of allylic oxidation sites excluding steroid dienone is 2. The van der Waals surface area contributed by atoms with E-state index in [1.165, 1.54) is 17.2 Å². The summed E-state index contributed by atoms with van der Waals surface area (Å²) in [6.45, 7) is 1.52. The van der Waals surface area contributed by atoms with Crippen LogP contribution in [-0.4, -0.2) is 33.7 Å². The fraction of sp³-hybridized carbons (Fsp3) is 0.312. The lowest BCUT2D eigenvalue weighted by Crippen LogP contribution is -2.38. The molecule has 2 aliphatic rings.